The number of benzene rings is 1. The molecule has 0 unspecified atom stereocenters. The largest absolute Gasteiger partial charge is 0.399 e. The van der Waals surface area contributed by atoms with Crippen molar-refractivity contribution in [3.05, 3.63) is 42.3 Å². The molecule has 0 heterocycles. The quantitative estimate of drug-likeness (QED) is 0.482. The lowest BCUT2D eigenvalue weighted by Gasteiger charge is -1.99. The van der Waals surface area contributed by atoms with Crippen LogP contribution in [-0.4, -0.2) is 12.8 Å². The minimum atomic E-state index is 0.873. The van der Waals surface area contributed by atoms with Gasteiger partial charge in [0.05, 0.1) is 5.71 Å². The van der Waals surface area contributed by atoms with E-state index in [4.69, 9.17) is 0 Å². The van der Waals surface area contributed by atoms with E-state index in [1.54, 1.807) is 7.11 Å². The topological polar surface area (TPSA) is 21.6 Å². The van der Waals surface area contributed by atoms with Crippen LogP contribution in [0.5, 0.6) is 0 Å². The van der Waals surface area contributed by atoms with Crippen LogP contribution in [0.4, 0.5) is 0 Å². The molecule has 0 saturated heterocycles. The van der Waals surface area contributed by atoms with E-state index < -0.39 is 0 Å². The number of oxime groups is 1. The van der Waals surface area contributed by atoms with Gasteiger partial charge in [-0.2, -0.15) is 0 Å². The molecule has 0 aliphatic carbocycles. The number of hydrogen-bond donors (Lipinski definition) is 0. The lowest BCUT2D eigenvalue weighted by Crippen LogP contribution is -1.94. The number of rotatable bonds is 2. The molecular weight excluding hydrogens is 150 g/mol. The molecule has 0 bridgehead atoms. The molecule has 0 fully saturated rings. The third-order valence-electron chi connectivity index (χ3n) is 1.60. The van der Waals surface area contributed by atoms with E-state index in [0.29, 0.717) is 0 Å². The van der Waals surface area contributed by atoms with Gasteiger partial charge in [0, 0.05) is 0 Å². The summed E-state index contributed by atoms with van der Waals surface area (Å²) in [6.45, 7) is 5.70. The minimum absolute atomic E-state index is 0.873. The van der Waals surface area contributed by atoms with Crippen LogP contribution in [0.2, 0.25) is 0 Å². The average Bonchev–Trinajstić information content (AvgIpc) is 2.06. The van der Waals surface area contributed by atoms with Crippen LogP contribution >= 0.6 is 0 Å². The Balaban J connectivity index is 2.89. The first kappa shape index (κ1) is 8.78. The van der Waals surface area contributed by atoms with Gasteiger partial charge in [-0.05, 0) is 25.0 Å². The zero-order valence-electron chi connectivity index (χ0n) is 7.37. The van der Waals surface area contributed by atoms with Crippen molar-refractivity contribution in [2.75, 3.05) is 7.11 Å². The average molecular weight is 162 g/mol. The summed E-state index contributed by atoms with van der Waals surface area (Å²) in [5, 5.41) is 3.82. The van der Waals surface area contributed by atoms with E-state index in [9.17, 15) is 0 Å². The molecule has 1 rings (SSSR count). The van der Waals surface area contributed by atoms with Crippen LogP contribution in [0.3, 0.4) is 0 Å². The highest BCUT2D eigenvalue weighted by atomic mass is 16.6. The highest BCUT2D eigenvalue weighted by molar-refractivity contribution is 5.98. The van der Waals surface area contributed by atoms with E-state index in [2.05, 4.69) is 16.9 Å². The SMILES string of the molecule is [CH2]c1ccc(/C(C)=N/OC)cc1. The smallest absolute Gasteiger partial charge is 0.106 e. The molecule has 0 atom stereocenters. The van der Waals surface area contributed by atoms with E-state index in [1.807, 2.05) is 31.2 Å². The molecule has 1 radical (unpaired) electrons. The maximum absolute atomic E-state index is 4.66. The van der Waals surface area contributed by atoms with Gasteiger partial charge in [-0.3, -0.25) is 0 Å². The summed E-state index contributed by atoms with van der Waals surface area (Å²) >= 11 is 0. The zero-order chi connectivity index (χ0) is 8.97. The number of hydrogen-bond acceptors (Lipinski definition) is 2. The van der Waals surface area contributed by atoms with Crippen LogP contribution in [-0.2, 0) is 4.84 Å². The molecule has 0 aliphatic rings. The van der Waals surface area contributed by atoms with Crippen LogP contribution in [0.1, 0.15) is 18.1 Å². The molecule has 12 heavy (non-hydrogen) atoms. The first-order chi connectivity index (χ1) is 5.74. The van der Waals surface area contributed by atoms with Gasteiger partial charge in [-0.1, -0.05) is 29.4 Å². The molecule has 0 aliphatic heterocycles. The van der Waals surface area contributed by atoms with E-state index in [-0.39, 0.29) is 0 Å². The minimum Gasteiger partial charge on any atom is -0.399 e. The van der Waals surface area contributed by atoms with Gasteiger partial charge in [-0.25, -0.2) is 0 Å². The van der Waals surface area contributed by atoms with Crippen molar-refractivity contribution in [3.8, 4) is 0 Å². The molecule has 2 heteroatoms. The standard InChI is InChI=1S/C10H12NO/c1-8-4-6-10(7-5-8)9(2)11-12-3/h4-7H,1H2,2-3H3/b11-9+. The summed E-state index contributed by atoms with van der Waals surface area (Å²) in [5.41, 5.74) is 2.94. The zero-order valence-corrected chi connectivity index (χ0v) is 7.37. The van der Waals surface area contributed by atoms with Gasteiger partial charge < -0.3 is 4.84 Å². The normalized spacial score (nSPS) is 11.4. The molecule has 0 N–H and O–H groups in total. The molecule has 1 aromatic carbocycles. The molecule has 63 valence electrons. The fourth-order valence-electron chi connectivity index (χ4n) is 0.936. The second kappa shape index (κ2) is 3.90. The summed E-state index contributed by atoms with van der Waals surface area (Å²) in [6.07, 6.45) is 0. The molecular formula is C10H12NO. The van der Waals surface area contributed by atoms with E-state index in [1.165, 1.54) is 0 Å². The highest BCUT2D eigenvalue weighted by Gasteiger charge is 1.95. The van der Waals surface area contributed by atoms with Gasteiger partial charge in [0.25, 0.3) is 0 Å². The van der Waals surface area contributed by atoms with Crippen LogP contribution in [0.15, 0.2) is 29.4 Å². The molecule has 1 aromatic rings. The Morgan fingerprint density at radius 2 is 1.92 bits per heavy atom. The predicted molar refractivity (Wildman–Crippen MR) is 50.1 cm³/mol. The Hall–Kier alpha value is -1.31. The first-order valence-electron chi connectivity index (χ1n) is 3.74. The first-order valence-corrected chi connectivity index (χ1v) is 3.74. The van der Waals surface area contributed by atoms with Crippen LogP contribution in [0, 0.1) is 6.92 Å². The Morgan fingerprint density at radius 3 is 2.42 bits per heavy atom. The molecule has 2 nitrogen and oxygen atoms in total. The van der Waals surface area contributed by atoms with Gasteiger partial charge >= 0.3 is 0 Å². The van der Waals surface area contributed by atoms with Crippen LogP contribution < -0.4 is 0 Å². The van der Waals surface area contributed by atoms with Crippen molar-refractivity contribution in [2.24, 2.45) is 5.16 Å². The molecule has 0 aromatic heterocycles. The second-order valence-electron chi connectivity index (χ2n) is 2.56. The van der Waals surface area contributed by atoms with Crippen molar-refractivity contribution in [1.29, 1.82) is 0 Å². The third-order valence-corrected chi connectivity index (χ3v) is 1.60. The second-order valence-corrected chi connectivity index (χ2v) is 2.56. The summed E-state index contributed by atoms with van der Waals surface area (Å²) in [6, 6.07) is 7.84. The Kier molecular flexibility index (Phi) is 2.86. The summed E-state index contributed by atoms with van der Waals surface area (Å²) in [5.74, 6) is 0. The van der Waals surface area contributed by atoms with Crippen LogP contribution in [0.25, 0.3) is 0 Å². The lowest BCUT2D eigenvalue weighted by atomic mass is 10.1. The fourth-order valence-corrected chi connectivity index (χ4v) is 0.936. The number of nitrogens with zero attached hydrogens (tertiary/aromatic N) is 1. The van der Waals surface area contributed by atoms with Crippen molar-refractivity contribution in [2.45, 2.75) is 6.92 Å². The van der Waals surface area contributed by atoms with Crippen molar-refractivity contribution < 1.29 is 4.84 Å². The third kappa shape index (κ3) is 2.09. The Morgan fingerprint density at radius 1 is 1.33 bits per heavy atom. The summed E-state index contributed by atoms with van der Waals surface area (Å²) in [7, 11) is 1.54. The van der Waals surface area contributed by atoms with Crippen molar-refractivity contribution in [3.63, 3.8) is 0 Å². The fraction of sp³-hybridized carbons (Fsp3) is 0.200. The Bertz CT molecular complexity index is 274. The summed E-state index contributed by atoms with van der Waals surface area (Å²) < 4.78 is 0. The van der Waals surface area contributed by atoms with Crippen molar-refractivity contribution >= 4 is 5.71 Å². The lowest BCUT2D eigenvalue weighted by molar-refractivity contribution is 0.213. The molecule has 0 saturated carbocycles. The van der Waals surface area contributed by atoms with Gasteiger partial charge in [0.15, 0.2) is 0 Å². The molecule has 0 amide bonds. The highest BCUT2D eigenvalue weighted by Crippen LogP contribution is 2.04. The molecule has 0 spiro atoms. The van der Waals surface area contributed by atoms with Gasteiger partial charge in [0.2, 0.25) is 0 Å². The predicted octanol–water partition coefficient (Wildman–Crippen LogP) is 2.24. The van der Waals surface area contributed by atoms with E-state index >= 15 is 0 Å². The maximum atomic E-state index is 4.66. The summed E-state index contributed by atoms with van der Waals surface area (Å²) in [4.78, 5) is 4.66. The van der Waals surface area contributed by atoms with Gasteiger partial charge in [-0.15, -0.1) is 0 Å². The monoisotopic (exact) mass is 162 g/mol. The van der Waals surface area contributed by atoms with Crippen molar-refractivity contribution in [1.82, 2.24) is 0 Å². The van der Waals surface area contributed by atoms with E-state index in [0.717, 1.165) is 16.8 Å². The maximum Gasteiger partial charge on any atom is 0.106 e. The Labute approximate surface area is 72.9 Å². The van der Waals surface area contributed by atoms with Gasteiger partial charge in [0.1, 0.15) is 7.11 Å².